The first-order chi connectivity index (χ1) is 8.75. The molecule has 1 aromatic heterocycles. The van der Waals surface area contributed by atoms with Crippen molar-refractivity contribution in [3.63, 3.8) is 0 Å². The molecule has 3 rings (SSSR count). The smallest absolute Gasteiger partial charge is 0.202 e. The molecule has 0 aliphatic carbocycles. The Labute approximate surface area is 118 Å². The number of benzene rings is 1. The summed E-state index contributed by atoms with van der Waals surface area (Å²) >= 11 is 5.23. The number of ether oxygens (including phenoxy) is 2. The summed E-state index contributed by atoms with van der Waals surface area (Å²) in [7, 11) is 0. The molecular weight excluding hydrogens is 314 g/mol. The van der Waals surface area contributed by atoms with Gasteiger partial charge in [0.25, 0.3) is 0 Å². The van der Waals surface area contributed by atoms with Gasteiger partial charge in [-0.05, 0) is 28.4 Å². The number of halogens is 1. The first kappa shape index (κ1) is 12.3. The van der Waals surface area contributed by atoms with Gasteiger partial charge >= 0.3 is 0 Å². The minimum atomic E-state index is -0.293. The van der Waals surface area contributed by atoms with E-state index in [2.05, 4.69) is 40.0 Å². The van der Waals surface area contributed by atoms with E-state index in [9.17, 15) is 0 Å². The maximum absolute atomic E-state index is 5.45. The highest BCUT2D eigenvalue weighted by Gasteiger charge is 2.21. The molecule has 0 atom stereocenters. The minimum absolute atomic E-state index is 0.293. The lowest BCUT2D eigenvalue weighted by atomic mass is 10.1. The van der Waals surface area contributed by atoms with E-state index in [1.54, 1.807) is 11.3 Å². The van der Waals surface area contributed by atoms with Crippen LogP contribution in [0, 0.1) is 6.92 Å². The van der Waals surface area contributed by atoms with Crippen molar-refractivity contribution in [2.24, 2.45) is 0 Å². The van der Waals surface area contributed by atoms with Crippen molar-refractivity contribution in [2.75, 3.05) is 13.2 Å². The third kappa shape index (κ3) is 2.23. The molecule has 2 heterocycles. The van der Waals surface area contributed by atoms with Gasteiger partial charge in [-0.3, -0.25) is 0 Å². The fourth-order valence-corrected chi connectivity index (χ4v) is 3.29. The van der Waals surface area contributed by atoms with Crippen LogP contribution < -0.4 is 0 Å². The van der Waals surface area contributed by atoms with Crippen molar-refractivity contribution in [1.82, 2.24) is 4.98 Å². The second-order valence-electron chi connectivity index (χ2n) is 4.09. The van der Waals surface area contributed by atoms with Crippen LogP contribution in [0.1, 0.15) is 17.5 Å². The standard InChI is InChI=1S/C13H12BrNO2S/c1-8-3-2-4-9(11(8)14)12-15-10(7-18-12)13-16-5-6-17-13/h2-4,7,13H,5-6H2,1H3. The highest BCUT2D eigenvalue weighted by molar-refractivity contribution is 9.10. The van der Waals surface area contributed by atoms with Gasteiger partial charge in [0.15, 0.2) is 0 Å². The first-order valence-electron chi connectivity index (χ1n) is 5.70. The Morgan fingerprint density at radius 1 is 1.33 bits per heavy atom. The molecule has 0 N–H and O–H groups in total. The van der Waals surface area contributed by atoms with Gasteiger partial charge in [-0.2, -0.15) is 0 Å². The number of rotatable bonds is 2. The van der Waals surface area contributed by atoms with Gasteiger partial charge in [0.05, 0.1) is 13.2 Å². The predicted octanol–water partition coefficient (Wildman–Crippen LogP) is 3.93. The third-order valence-electron chi connectivity index (χ3n) is 2.81. The van der Waals surface area contributed by atoms with Gasteiger partial charge in [0.1, 0.15) is 10.7 Å². The molecule has 1 fully saturated rings. The molecule has 1 aliphatic heterocycles. The van der Waals surface area contributed by atoms with E-state index in [1.807, 2.05) is 11.4 Å². The van der Waals surface area contributed by atoms with Crippen molar-refractivity contribution < 1.29 is 9.47 Å². The van der Waals surface area contributed by atoms with Crippen LogP contribution in [0.5, 0.6) is 0 Å². The molecule has 0 spiro atoms. The second kappa shape index (κ2) is 5.09. The Morgan fingerprint density at radius 2 is 2.11 bits per heavy atom. The van der Waals surface area contributed by atoms with E-state index >= 15 is 0 Å². The molecule has 0 radical (unpaired) electrons. The molecule has 0 amide bonds. The molecule has 3 nitrogen and oxygen atoms in total. The molecule has 0 saturated carbocycles. The summed E-state index contributed by atoms with van der Waals surface area (Å²) in [6.45, 7) is 3.36. The van der Waals surface area contributed by atoms with Gasteiger partial charge in [0.2, 0.25) is 6.29 Å². The van der Waals surface area contributed by atoms with E-state index in [4.69, 9.17) is 9.47 Å². The van der Waals surface area contributed by atoms with Gasteiger partial charge in [0, 0.05) is 15.4 Å². The quantitative estimate of drug-likeness (QED) is 0.838. The molecule has 0 bridgehead atoms. The van der Waals surface area contributed by atoms with Crippen LogP contribution in [0.25, 0.3) is 10.6 Å². The second-order valence-corrected chi connectivity index (χ2v) is 5.74. The highest BCUT2D eigenvalue weighted by atomic mass is 79.9. The summed E-state index contributed by atoms with van der Waals surface area (Å²) in [5.41, 5.74) is 3.18. The highest BCUT2D eigenvalue weighted by Crippen LogP contribution is 2.35. The van der Waals surface area contributed by atoms with E-state index in [0.29, 0.717) is 13.2 Å². The SMILES string of the molecule is Cc1cccc(-c2nc(C3OCCO3)cs2)c1Br. The van der Waals surface area contributed by atoms with Crippen molar-refractivity contribution in [2.45, 2.75) is 13.2 Å². The molecule has 1 aromatic carbocycles. The Balaban J connectivity index is 1.95. The number of hydrogen-bond acceptors (Lipinski definition) is 4. The zero-order valence-electron chi connectivity index (χ0n) is 9.85. The number of hydrogen-bond donors (Lipinski definition) is 0. The summed E-state index contributed by atoms with van der Waals surface area (Å²) in [6, 6.07) is 6.18. The number of aromatic nitrogens is 1. The Bertz CT molecular complexity index is 564. The molecule has 5 heteroatoms. The van der Waals surface area contributed by atoms with E-state index in [-0.39, 0.29) is 6.29 Å². The largest absolute Gasteiger partial charge is 0.345 e. The molecule has 0 unspecified atom stereocenters. The maximum Gasteiger partial charge on any atom is 0.202 e. The van der Waals surface area contributed by atoms with Gasteiger partial charge in [-0.15, -0.1) is 11.3 Å². The van der Waals surface area contributed by atoms with Gasteiger partial charge in [-0.1, -0.05) is 18.2 Å². The van der Waals surface area contributed by atoms with Crippen molar-refractivity contribution in [3.8, 4) is 10.6 Å². The van der Waals surface area contributed by atoms with Crippen molar-refractivity contribution in [3.05, 3.63) is 39.3 Å². The molecule has 94 valence electrons. The minimum Gasteiger partial charge on any atom is -0.345 e. The van der Waals surface area contributed by atoms with Crippen LogP contribution in [0.2, 0.25) is 0 Å². The summed E-state index contributed by atoms with van der Waals surface area (Å²) in [6.07, 6.45) is -0.293. The van der Waals surface area contributed by atoms with Crippen LogP contribution >= 0.6 is 27.3 Å². The van der Waals surface area contributed by atoms with E-state index in [0.717, 1.165) is 20.7 Å². The van der Waals surface area contributed by atoms with Crippen LogP contribution in [-0.4, -0.2) is 18.2 Å². The van der Waals surface area contributed by atoms with Crippen LogP contribution in [-0.2, 0) is 9.47 Å². The normalized spacial score (nSPS) is 16.3. The van der Waals surface area contributed by atoms with E-state index < -0.39 is 0 Å². The zero-order valence-corrected chi connectivity index (χ0v) is 12.3. The van der Waals surface area contributed by atoms with Crippen LogP contribution in [0.15, 0.2) is 28.1 Å². The maximum atomic E-state index is 5.45. The lowest BCUT2D eigenvalue weighted by Crippen LogP contribution is -1.98. The third-order valence-corrected chi connectivity index (χ3v) is 4.75. The number of thiazole rings is 1. The predicted molar refractivity (Wildman–Crippen MR) is 74.6 cm³/mol. The molecule has 1 aliphatic rings. The fraction of sp³-hybridized carbons (Fsp3) is 0.308. The molecule has 1 saturated heterocycles. The number of aryl methyl sites for hydroxylation is 1. The van der Waals surface area contributed by atoms with E-state index in [1.165, 1.54) is 5.56 Å². The fourth-order valence-electron chi connectivity index (χ4n) is 1.86. The molecular formula is C13H12BrNO2S. The lowest BCUT2D eigenvalue weighted by molar-refractivity contribution is -0.0468. The molecule has 18 heavy (non-hydrogen) atoms. The Kier molecular flexibility index (Phi) is 3.48. The average molecular weight is 326 g/mol. The zero-order chi connectivity index (χ0) is 12.5. The lowest BCUT2D eigenvalue weighted by Gasteiger charge is -2.05. The monoisotopic (exact) mass is 325 g/mol. The topological polar surface area (TPSA) is 31.4 Å². The first-order valence-corrected chi connectivity index (χ1v) is 7.37. The Morgan fingerprint density at radius 3 is 2.89 bits per heavy atom. The van der Waals surface area contributed by atoms with Crippen molar-refractivity contribution in [1.29, 1.82) is 0 Å². The average Bonchev–Trinajstić information content (AvgIpc) is 3.01. The van der Waals surface area contributed by atoms with Gasteiger partial charge in [-0.25, -0.2) is 4.98 Å². The summed E-state index contributed by atoms with van der Waals surface area (Å²) in [5, 5.41) is 2.99. The summed E-state index contributed by atoms with van der Waals surface area (Å²) < 4.78 is 12.0. The van der Waals surface area contributed by atoms with Crippen LogP contribution in [0.4, 0.5) is 0 Å². The number of nitrogens with zero attached hydrogens (tertiary/aromatic N) is 1. The Hall–Kier alpha value is -0.750. The van der Waals surface area contributed by atoms with Gasteiger partial charge < -0.3 is 9.47 Å². The van der Waals surface area contributed by atoms with Crippen molar-refractivity contribution >= 4 is 27.3 Å². The molecule has 2 aromatic rings. The van der Waals surface area contributed by atoms with Crippen LogP contribution in [0.3, 0.4) is 0 Å². The summed E-state index contributed by atoms with van der Waals surface area (Å²) in [5.74, 6) is 0. The summed E-state index contributed by atoms with van der Waals surface area (Å²) in [4.78, 5) is 4.60.